The second-order valence-corrected chi connectivity index (χ2v) is 12.0. The number of alkyl halides is 2. The second-order valence-electron chi connectivity index (χ2n) is 12.0. The number of anilines is 1. The fourth-order valence-corrected chi connectivity index (χ4v) is 6.46. The van der Waals surface area contributed by atoms with E-state index in [1.165, 1.54) is 30.0 Å². The van der Waals surface area contributed by atoms with E-state index in [4.69, 9.17) is 4.74 Å². The average molecular weight is 599 g/mol. The molecule has 4 heterocycles. The van der Waals surface area contributed by atoms with Crippen molar-refractivity contribution in [1.82, 2.24) is 24.3 Å². The van der Waals surface area contributed by atoms with Crippen molar-refractivity contribution < 1.29 is 22.7 Å². The van der Waals surface area contributed by atoms with Crippen molar-refractivity contribution in [2.75, 3.05) is 38.1 Å². The highest BCUT2D eigenvalue weighted by molar-refractivity contribution is 5.87. The number of carbonyl (C=O) groups excluding carboxylic acids is 1. The maximum Gasteiger partial charge on any atom is 0.302 e. The Hall–Kier alpha value is -3.51. The van der Waals surface area contributed by atoms with Crippen LogP contribution in [0.25, 0.3) is 11.0 Å². The number of benzene rings is 1. The topological polar surface area (TPSA) is 92.6 Å². The summed E-state index contributed by atoms with van der Waals surface area (Å²) in [5.74, 6) is -4.16. The third-order valence-electron chi connectivity index (χ3n) is 9.19. The van der Waals surface area contributed by atoms with Crippen LogP contribution in [0.3, 0.4) is 0 Å². The molecule has 9 nitrogen and oxygen atoms in total. The summed E-state index contributed by atoms with van der Waals surface area (Å²) >= 11 is 0. The molecule has 3 aromatic rings. The molecular formula is C31H37F3N6O3. The lowest BCUT2D eigenvalue weighted by Gasteiger charge is -2.37. The Morgan fingerprint density at radius 3 is 2.58 bits per heavy atom. The molecule has 3 aliphatic rings. The minimum absolute atomic E-state index is 0.0132. The molecule has 1 N–H and O–H groups in total. The lowest BCUT2D eigenvalue weighted by molar-refractivity contribution is -0.174. The van der Waals surface area contributed by atoms with Gasteiger partial charge in [0.2, 0.25) is 5.91 Å². The fraction of sp³-hybridized carbons (Fsp3) is 0.548. The minimum atomic E-state index is -3.51. The van der Waals surface area contributed by atoms with Gasteiger partial charge in [0.05, 0.1) is 23.6 Å². The van der Waals surface area contributed by atoms with Gasteiger partial charge in [0, 0.05) is 57.3 Å². The summed E-state index contributed by atoms with van der Waals surface area (Å²) in [7, 11) is 1.64. The maximum atomic E-state index is 15.9. The van der Waals surface area contributed by atoms with Gasteiger partial charge in [-0.2, -0.15) is 8.78 Å². The van der Waals surface area contributed by atoms with E-state index in [2.05, 4.69) is 15.3 Å². The minimum Gasteiger partial charge on any atom is -0.369 e. The number of nitrogens with one attached hydrogen (secondary N) is 1. The number of aryl methyl sites for hydroxylation is 1. The zero-order chi connectivity index (χ0) is 30.5. The Kier molecular flexibility index (Phi) is 7.93. The summed E-state index contributed by atoms with van der Waals surface area (Å²) in [5.41, 5.74) is 0.216. The smallest absolute Gasteiger partial charge is 0.302 e. The molecule has 1 aromatic carbocycles. The number of rotatable bonds is 7. The first-order valence-electron chi connectivity index (χ1n) is 14.9. The van der Waals surface area contributed by atoms with E-state index < -0.39 is 29.4 Å². The number of morpholine rings is 1. The van der Waals surface area contributed by atoms with Gasteiger partial charge < -0.3 is 15.0 Å². The zero-order valence-corrected chi connectivity index (χ0v) is 24.7. The molecule has 3 fully saturated rings. The maximum absolute atomic E-state index is 15.9. The number of hydrogen-bond acceptors (Lipinski definition) is 7. The molecule has 230 valence electrons. The van der Waals surface area contributed by atoms with Crippen LogP contribution < -0.4 is 10.9 Å². The van der Waals surface area contributed by atoms with Gasteiger partial charge in [-0.05, 0) is 50.7 Å². The Labute approximate surface area is 248 Å². The van der Waals surface area contributed by atoms with Crippen LogP contribution in [-0.4, -0.2) is 75.2 Å². The molecular weight excluding hydrogens is 561 g/mol. The molecule has 2 saturated heterocycles. The number of amides is 1. The van der Waals surface area contributed by atoms with Gasteiger partial charge in [0.1, 0.15) is 29.7 Å². The highest BCUT2D eigenvalue weighted by Crippen LogP contribution is 2.40. The standard InChI is InChI=1S/C31H37F3N6O3/c1-18(22-5-4-6-25(27(22)32)31(33,34)26-16-40(13-14-43-26)21-7-8-21)37-28-24-15-23(20-9-11-39(12-10-20)19(2)41)30(42)38(3)29(24)36-17-35-28/h4-6,15,17-18,20-21,26H,7-14,16H2,1-3H3,(H,35,36,37)/t18-,26?/m1/s1. The summed E-state index contributed by atoms with van der Waals surface area (Å²) in [6.45, 7) is 5.23. The van der Waals surface area contributed by atoms with E-state index in [1.54, 1.807) is 24.9 Å². The van der Waals surface area contributed by atoms with Crippen LogP contribution in [-0.2, 0) is 22.5 Å². The van der Waals surface area contributed by atoms with Gasteiger partial charge in [-0.3, -0.25) is 19.1 Å². The monoisotopic (exact) mass is 598 g/mol. The number of likely N-dealkylation sites (tertiary alicyclic amines) is 1. The first-order chi connectivity index (χ1) is 20.6. The van der Waals surface area contributed by atoms with Crippen molar-refractivity contribution in [3.05, 3.63) is 63.5 Å². The van der Waals surface area contributed by atoms with Crippen molar-refractivity contribution in [2.45, 2.75) is 69.6 Å². The molecule has 2 aliphatic heterocycles. The van der Waals surface area contributed by atoms with Gasteiger partial charge in [-0.25, -0.2) is 14.4 Å². The third-order valence-corrected chi connectivity index (χ3v) is 9.19. The normalized spacial score (nSPS) is 21.3. The van der Waals surface area contributed by atoms with Gasteiger partial charge in [0.25, 0.3) is 5.56 Å². The zero-order valence-electron chi connectivity index (χ0n) is 24.7. The molecule has 1 saturated carbocycles. The molecule has 12 heteroatoms. The molecule has 0 radical (unpaired) electrons. The Morgan fingerprint density at radius 1 is 1.14 bits per heavy atom. The number of ether oxygens (including phenoxy) is 1. The number of pyridine rings is 1. The van der Waals surface area contributed by atoms with Gasteiger partial charge in [-0.1, -0.05) is 12.1 Å². The van der Waals surface area contributed by atoms with E-state index in [0.717, 1.165) is 18.9 Å². The van der Waals surface area contributed by atoms with Crippen LogP contribution >= 0.6 is 0 Å². The van der Waals surface area contributed by atoms with Gasteiger partial charge >= 0.3 is 5.92 Å². The first-order valence-corrected chi connectivity index (χ1v) is 14.9. The van der Waals surface area contributed by atoms with Crippen LogP contribution in [0.15, 0.2) is 35.4 Å². The summed E-state index contributed by atoms with van der Waals surface area (Å²) in [5, 5.41) is 3.75. The van der Waals surface area contributed by atoms with Crippen LogP contribution in [0.4, 0.5) is 19.0 Å². The van der Waals surface area contributed by atoms with Crippen LogP contribution in [0.1, 0.15) is 68.2 Å². The average Bonchev–Trinajstić information content (AvgIpc) is 3.85. The molecule has 0 spiro atoms. The summed E-state index contributed by atoms with van der Waals surface area (Å²) in [4.78, 5) is 37.6. The van der Waals surface area contributed by atoms with Crippen molar-refractivity contribution >= 4 is 22.8 Å². The van der Waals surface area contributed by atoms with E-state index >= 15 is 13.2 Å². The van der Waals surface area contributed by atoms with Gasteiger partial charge in [-0.15, -0.1) is 0 Å². The van der Waals surface area contributed by atoms with E-state index in [9.17, 15) is 9.59 Å². The van der Waals surface area contributed by atoms with E-state index in [1.807, 2.05) is 4.90 Å². The van der Waals surface area contributed by atoms with E-state index in [-0.39, 0.29) is 36.1 Å². The molecule has 1 amide bonds. The van der Waals surface area contributed by atoms with Crippen LogP contribution in [0.5, 0.6) is 0 Å². The lowest BCUT2D eigenvalue weighted by atomic mass is 9.89. The highest BCUT2D eigenvalue weighted by atomic mass is 19.3. The SMILES string of the molecule is CC(=O)N1CCC(c2cc3c(N[C@H](C)c4cccc(C(F)(F)C5CN(C6CC6)CCO5)c4F)ncnc3n(C)c2=O)CC1. The molecule has 0 bridgehead atoms. The van der Waals surface area contributed by atoms with Crippen LogP contribution in [0.2, 0.25) is 0 Å². The molecule has 43 heavy (non-hydrogen) atoms. The highest BCUT2D eigenvalue weighted by Gasteiger charge is 2.48. The number of carbonyl (C=O) groups is 1. The third kappa shape index (κ3) is 5.62. The number of halogens is 3. The summed E-state index contributed by atoms with van der Waals surface area (Å²) < 4.78 is 54.3. The number of hydrogen-bond donors (Lipinski definition) is 1. The largest absolute Gasteiger partial charge is 0.369 e. The second kappa shape index (κ2) is 11.5. The lowest BCUT2D eigenvalue weighted by Crippen LogP contribution is -2.50. The predicted octanol–water partition coefficient (Wildman–Crippen LogP) is 4.32. The molecule has 2 atom stereocenters. The Balaban J connectivity index is 1.28. The summed E-state index contributed by atoms with van der Waals surface area (Å²) in [6, 6.07) is 5.41. The molecule has 1 unspecified atom stereocenters. The quantitative estimate of drug-likeness (QED) is 0.433. The predicted molar refractivity (Wildman–Crippen MR) is 156 cm³/mol. The molecule has 1 aliphatic carbocycles. The van der Waals surface area contributed by atoms with E-state index in [0.29, 0.717) is 60.9 Å². The Morgan fingerprint density at radius 2 is 1.88 bits per heavy atom. The van der Waals surface area contributed by atoms with Crippen molar-refractivity contribution in [1.29, 1.82) is 0 Å². The number of fused-ring (bicyclic) bond motifs is 1. The number of piperidine rings is 1. The van der Waals surface area contributed by atoms with Crippen molar-refractivity contribution in [3.63, 3.8) is 0 Å². The Bertz CT molecular complexity index is 1580. The fourth-order valence-electron chi connectivity index (χ4n) is 6.46. The van der Waals surface area contributed by atoms with Crippen molar-refractivity contribution in [3.8, 4) is 0 Å². The number of nitrogens with zero attached hydrogens (tertiary/aromatic N) is 5. The first kappa shape index (κ1) is 29.6. The van der Waals surface area contributed by atoms with Crippen LogP contribution in [0, 0.1) is 5.82 Å². The summed E-state index contributed by atoms with van der Waals surface area (Å²) in [6.07, 6.45) is 3.19. The van der Waals surface area contributed by atoms with Crippen molar-refractivity contribution in [2.24, 2.45) is 7.05 Å². The molecule has 6 rings (SSSR count). The molecule has 2 aromatic heterocycles. The van der Waals surface area contributed by atoms with Gasteiger partial charge in [0.15, 0.2) is 0 Å². The number of aromatic nitrogens is 3.